The van der Waals surface area contributed by atoms with E-state index in [-0.39, 0.29) is 10.9 Å². The third-order valence-electron chi connectivity index (χ3n) is 3.91. The Balaban J connectivity index is 1.61. The number of benzene rings is 1. The number of para-hydroxylation sites is 2. The molecule has 1 amide bonds. The van der Waals surface area contributed by atoms with Crippen molar-refractivity contribution in [1.29, 1.82) is 0 Å². The van der Waals surface area contributed by atoms with Gasteiger partial charge in [-0.25, -0.2) is 0 Å². The largest absolute Gasteiger partial charge is 0.491 e. The first-order valence-electron chi connectivity index (χ1n) is 8.85. The quantitative estimate of drug-likeness (QED) is 0.461. The molecule has 0 saturated carbocycles. The molecule has 1 aromatic carbocycles. The van der Waals surface area contributed by atoms with Gasteiger partial charge in [0.2, 0.25) is 0 Å². The highest BCUT2D eigenvalue weighted by Gasteiger charge is 2.14. The molecule has 2 heterocycles. The number of hydrogen-bond acceptors (Lipinski definition) is 5. The molecule has 3 rings (SSSR count). The van der Waals surface area contributed by atoms with Crippen LogP contribution in [0.25, 0.3) is 11.0 Å². The molecule has 7 heteroatoms. The maximum absolute atomic E-state index is 12.4. The number of nitrogens with zero attached hydrogens (tertiary/aromatic N) is 1. The van der Waals surface area contributed by atoms with Crippen LogP contribution in [0.3, 0.4) is 0 Å². The zero-order valence-corrected chi connectivity index (χ0v) is 15.8. The summed E-state index contributed by atoms with van der Waals surface area (Å²) in [6.45, 7) is 2.79. The Morgan fingerprint density at radius 3 is 2.93 bits per heavy atom. The van der Waals surface area contributed by atoms with Gasteiger partial charge >= 0.3 is 0 Å². The van der Waals surface area contributed by atoms with Crippen LogP contribution in [-0.4, -0.2) is 22.6 Å². The highest BCUT2D eigenvalue weighted by atomic mass is 32.1. The van der Waals surface area contributed by atoms with Crippen molar-refractivity contribution >= 4 is 39.9 Å². The van der Waals surface area contributed by atoms with E-state index in [0.29, 0.717) is 23.6 Å². The van der Waals surface area contributed by atoms with E-state index in [0.717, 1.165) is 24.6 Å². The second kappa shape index (κ2) is 9.14. The molecule has 0 atom stereocenters. The summed E-state index contributed by atoms with van der Waals surface area (Å²) in [6.07, 6.45) is 6.46. The lowest BCUT2D eigenvalue weighted by Crippen LogP contribution is -2.34. The second-order valence-electron chi connectivity index (χ2n) is 5.98. The van der Waals surface area contributed by atoms with Crippen molar-refractivity contribution < 1.29 is 13.9 Å². The normalized spacial score (nSPS) is 10.6. The predicted molar refractivity (Wildman–Crippen MR) is 109 cm³/mol. The number of carbonyl (C=O) groups excluding carboxylic acids is 1. The third-order valence-corrected chi connectivity index (χ3v) is 4.12. The topological polar surface area (TPSA) is 76.4 Å². The molecular weight excluding hydrogens is 362 g/mol. The molecule has 0 aliphatic carbocycles. The number of furan rings is 1. The number of unbranched alkanes of at least 4 members (excludes halogenated alkanes) is 2. The van der Waals surface area contributed by atoms with Gasteiger partial charge in [0.05, 0.1) is 18.5 Å². The molecule has 0 unspecified atom stereocenters. The van der Waals surface area contributed by atoms with Crippen LogP contribution >= 0.6 is 12.2 Å². The maximum Gasteiger partial charge on any atom is 0.293 e. The smallest absolute Gasteiger partial charge is 0.293 e. The van der Waals surface area contributed by atoms with Gasteiger partial charge in [0, 0.05) is 11.6 Å². The lowest BCUT2D eigenvalue weighted by atomic mass is 10.2. The van der Waals surface area contributed by atoms with Gasteiger partial charge in [-0.05, 0) is 42.9 Å². The van der Waals surface area contributed by atoms with E-state index in [1.54, 1.807) is 24.5 Å². The second-order valence-corrected chi connectivity index (χ2v) is 6.39. The first-order chi connectivity index (χ1) is 13.2. The van der Waals surface area contributed by atoms with Gasteiger partial charge in [-0.15, -0.1) is 0 Å². The van der Waals surface area contributed by atoms with Crippen molar-refractivity contribution in [2.24, 2.45) is 0 Å². The average molecular weight is 383 g/mol. The number of hydrogen-bond donors (Lipinski definition) is 2. The summed E-state index contributed by atoms with van der Waals surface area (Å²) in [5, 5.41) is 6.60. The molecule has 2 N–H and O–H groups in total. The fourth-order valence-electron chi connectivity index (χ4n) is 2.54. The highest BCUT2D eigenvalue weighted by Crippen LogP contribution is 2.24. The molecule has 6 nitrogen and oxygen atoms in total. The van der Waals surface area contributed by atoms with Crippen molar-refractivity contribution in [1.82, 2.24) is 10.3 Å². The Morgan fingerprint density at radius 1 is 1.26 bits per heavy atom. The van der Waals surface area contributed by atoms with Crippen molar-refractivity contribution in [3.05, 3.63) is 54.6 Å². The molecule has 0 fully saturated rings. The third kappa shape index (κ3) is 5.04. The summed E-state index contributed by atoms with van der Waals surface area (Å²) in [5.74, 6) is 0.441. The summed E-state index contributed by atoms with van der Waals surface area (Å²) < 4.78 is 11.3. The average Bonchev–Trinajstić information content (AvgIpc) is 3.11. The Bertz CT molecular complexity index is 906. The van der Waals surface area contributed by atoms with Crippen LogP contribution in [-0.2, 0) is 0 Å². The van der Waals surface area contributed by atoms with E-state index in [1.807, 2.05) is 24.3 Å². The number of anilines is 1. The fourth-order valence-corrected chi connectivity index (χ4v) is 2.75. The number of thiocarbonyl (C=S) groups is 1. The van der Waals surface area contributed by atoms with Crippen LogP contribution in [0.5, 0.6) is 5.75 Å². The number of amides is 1. The highest BCUT2D eigenvalue weighted by molar-refractivity contribution is 7.80. The molecule has 140 valence electrons. The minimum atomic E-state index is -0.426. The van der Waals surface area contributed by atoms with E-state index in [4.69, 9.17) is 21.4 Å². The number of rotatable bonds is 7. The van der Waals surface area contributed by atoms with E-state index in [2.05, 4.69) is 22.5 Å². The minimum Gasteiger partial charge on any atom is -0.491 e. The standard InChI is InChI=1S/C20H21N3O3S/c1-2-3-6-11-25-16-8-5-4-7-15(16)22-20(27)23-19(24)17-12-14-9-10-21-13-18(14)26-17/h4-5,7-10,12-13H,2-3,6,11H2,1H3,(H2,22,23,24,27). The first-order valence-corrected chi connectivity index (χ1v) is 9.26. The SMILES string of the molecule is CCCCCOc1ccccc1NC(=S)NC(=O)c1cc2ccncc2o1. The van der Waals surface area contributed by atoms with Crippen LogP contribution in [0, 0.1) is 0 Å². The number of nitrogens with one attached hydrogen (secondary N) is 2. The lowest BCUT2D eigenvalue weighted by Gasteiger charge is -2.14. The maximum atomic E-state index is 12.4. The van der Waals surface area contributed by atoms with Crippen molar-refractivity contribution in [2.45, 2.75) is 26.2 Å². The molecule has 2 aromatic heterocycles. The van der Waals surface area contributed by atoms with Crippen molar-refractivity contribution in [3.8, 4) is 5.75 Å². The van der Waals surface area contributed by atoms with Crippen LogP contribution in [0.1, 0.15) is 36.7 Å². The number of ether oxygens (including phenoxy) is 1. The Kier molecular flexibility index (Phi) is 6.38. The molecule has 0 saturated heterocycles. The molecule has 27 heavy (non-hydrogen) atoms. The van der Waals surface area contributed by atoms with Gasteiger partial charge in [-0.3, -0.25) is 15.1 Å². The van der Waals surface area contributed by atoms with E-state index in [1.165, 1.54) is 0 Å². The van der Waals surface area contributed by atoms with Gasteiger partial charge in [-0.1, -0.05) is 31.9 Å². The van der Waals surface area contributed by atoms with Gasteiger partial charge in [0.25, 0.3) is 5.91 Å². The molecular formula is C20H21N3O3S. The molecule has 3 aromatic rings. The van der Waals surface area contributed by atoms with Gasteiger partial charge < -0.3 is 14.5 Å². The Hall–Kier alpha value is -2.93. The molecule has 0 aliphatic heterocycles. The molecule has 0 bridgehead atoms. The molecule has 0 spiro atoms. The van der Waals surface area contributed by atoms with Crippen LogP contribution < -0.4 is 15.4 Å². The number of pyridine rings is 1. The lowest BCUT2D eigenvalue weighted by molar-refractivity contribution is 0.0953. The molecule has 0 aliphatic rings. The van der Waals surface area contributed by atoms with E-state index < -0.39 is 5.91 Å². The van der Waals surface area contributed by atoms with E-state index in [9.17, 15) is 4.79 Å². The Labute approximate surface area is 162 Å². The number of aromatic nitrogens is 1. The van der Waals surface area contributed by atoms with Crippen LogP contribution in [0.2, 0.25) is 0 Å². The fraction of sp³-hybridized carbons (Fsp3) is 0.250. The monoisotopic (exact) mass is 383 g/mol. The van der Waals surface area contributed by atoms with Crippen LogP contribution in [0.4, 0.5) is 5.69 Å². The summed E-state index contributed by atoms with van der Waals surface area (Å²) >= 11 is 5.25. The zero-order chi connectivity index (χ0) is 19.1. The van der Waals surface area contributed by atoms with Crippen molar-refractivity contribution in [3.63, 3.8) is 0 Å². The summed E-state index contributed by atoms with van der Waals surface area (Å²) in [7, 11) is 0. The van der Waals surface area contributed by atoms with Crippen molar-refractivity contribution in [2.75, 3.05) is 11.9 Å². The van der Waals surface area contributed by atoms with Gasteiger partial charge in [0.15, 0.2) is 16.5 Å². The van der Waals surface area contributed by atoms with E-state index >= 15 is 0 Å². The minimum absolute atomic E-state index is 0.170. The zero-order valence-electron chi connectivity index (χ0n) is 15.0. The van der Waals surface area contributed by atoms with Gasteiger partial charge in [-0.2, -0.15) is 0 Å². The first kappa shape index (κ1) is 18.8. The number of fused-ring (bicyclic) bond motifs is 1. The summed E-state index contributed by atoms with van der Waals surface area (Å²) in [4.78, 5) is 16.3. The number of carbonyl (C=O) groups is 1. The van der Waals surface area contributed by atoms with Crippen LogP contribution in [0.15, 0.2) is 53.2 Å². The predicted octanol–water partition coefficient (Wildman–Crippen LogP) is 4.52. The Morgan fingerprint density at radius 2 is 2.11 bits per heavy atom. The van der Waals surface area contributed by atoms with Gasteiger partial charge in [0.1, 0.15) is 5.75 Å². The summed E-state index contributed by atoms with van der Waals surface area (Å²) in [6, 6.07) is 10.9. The summed E-state index contributed by atoms with van der Waals surface area (Å²) in [5.41, 5.74) is 1.25. The molecule has 0 radical (unpaired) electrons.